The second-order valence-corrected chi connectivity index (χ2v) is 8.11. The number of anilines is 1. The molecule has 1 aliphatic heterocycles. The number of benzene rings is 2. The van der Waals surface area contributed by atoms with Crippen molar-refractivity contribution in [3.05, 3.63) is 60.2 Å². The number of hydrogen-bond donors (Lipinski definition) is 1. The molecule has 20 heavy (non-hydrogen) atoms. The number of rotatable bonds is 2. The smallest absolute Gasteiger partial charge is 0.202 e. The first-order chi connectivity index (χ1) is 9.53. The zero-order valence-electron chi connectivity index (χ0n) is 10.4. The largest absolute Gasteiger partial charge is 0.488 e. The molecule has 0 saturated carbocycles. The van der Waals surface area contributed by atoms with Gasteiger partial charge in [-0.3, -0.25) is 0 Å². The molecule has 1 atom stereocenters. The minimum Gasteiger partial charge on any atom is -0.488 e. The predicted molar refractivity (Wildman–Crippen MR) is 87.0 cm³/mol. The number of hydrogen-bond acceptors (Lipinski definition) is 2. The molecular weight excluding hydrogens is 361 g/mol. The van der Waals surface area contributed by atoms with Crippen molar-refractivity contribution in [1.29, 1.82) is 0 Å². The van der Waals surface area contributed by atoms with Gasteiger partial charge in [0, 0.05) is 0 Å². The van der Waals surface area contributed by atoms with Gasteiger partial charge in [-0.15, -0.1) is 0 Å². The number of nitrogens with one attached hydrogen (secondary N) is 1. The molecule has 0 fully saturated rings. The molecule has 1 heterocycles. The summed E-state index contributed by atoms with van der Waals surface area (Å²) in [6, 6.07) is 17.5. The van der Waals surface area contributed by atoms with Gasteiger partial charge in [-0.2, -0.15) is 0 Å². The Morgan fingerprint density at radius 2 is 1.70 bits per heavy atom. The zero-order chi connectivity index (χ0) is 14.2. The number of ether oxygens (including phenoxy) is 1. The van der Waals surface area contributed by atoms with Crippen LogP contribution in [0.2, 0.25) is 0 Å². The fraction of sp³-hybridized carbons (Fsp3) is 0.200. The third-order valence-electron chi connectivity index (χ3n) is 3.43. The molecule has 1 N–H and O–H groups in total. The van der Waals surface area contributed by atoms with Crippen molar-refractivity contribution < 1.29 is 4.74 Å². The molecule has 0 amide bonds. The van der Waals surface area contributed by atoms with E-state index < -0.39 is 8.78 Å². The summed E-state index contributed by atoms with van der Waals surface area (Å²) in [5, 5.41) is 3.43. The molecular formula is C15H12BrCl2NO. The zero-order valence-corrected chi connectivity index (χ0v) is 13.5. The van der Waals surface area contributed by atoms with Crippen LogP contribution in [-0.2, 0) is 5.54 Å². The minimum absolute atomic E-state index is 0.326. The highest BCUT2D eigenvalue weighted by molar-refractivity contribution is 9.11. The van der Waals surface area contributed by atoms with Crippen molar-refractivity contribution in [3.8, 4) is 5.75 Å². The van der Waals surface area contributed by atoms with Crippen LogP contribution in [0, 0.1) is 0 Å². The van der Waals surface area contributed by atoms with Crippen molar-refractivity contribution in [2.45, 2.75) is 8.78 Å². The van der Waals surface area contributed by atoms with Gasteiger partial charge in [0.2, 0.25) is 3.24 Å². The molecule has 2 aromatic rings. The molecule has 0 spiro atoms. The highest BCUT2D eigenvalue weighted by Gasteiger charge is 2.52. The second-order valence-electron chi connectivity index (χ2n) is 4.68. The van der Waals surface area contributed by atoms with Crippen LogP contribution in [0.5, 0.6) is 5.75 Å². The molecule has 0 aromatic heterocycles. The topological polar surface area (TPSA) is 21.3 Å². The lowest BCUT2D eigenvalue weighted by molar-refractivity contribution is 0.223. The van der Waals surface area contributed by atoms with Gasteiger partial charge in [-0.05, 0) is 33.6 Å². The standard InChI is InChI=1S/C15H12BrCl2NO/c16-15(17,18)14(11-6-2-1-3-7-11)10-20-13-9-5-4-8-12(13)19-14/h1-9,19H,10H2. The number of alkyl halides is 3. The molecule has 5 heteroatoms. The number of fused-ring (bicyclic) bond motifs is 1. The van der Waals surface area contributed by atoms with E-state index in [0.717, 1.165) is 17.0 Å². The normalized spacial score (nSPS) is 21.6. The van der Waals surface area contributed by atoms with E-state index in [2.05, 4.69) is 21.2 Å². The molecule has 0 radical (unpaired) electrons. The highest BCUT2D eigenvalue weighted by atomic mass is 79.9. The van der Waals surface area contributed by atoms with Crippen LogP contribution >= 0.6 is 39.1 Å². The van der Waals surface area contributed by atoms with Crippen LogP contribution in [-0.4, -0.2) is 9.85 Å². The maximum Gasteiger partial charge on any atom is 0.202 e. The Hall–Kier alpha value is -0.900. The summed E-state index contributed by atoms with van der Waals surface area (Å²) < 4.78 is 4.65. The van der Waals surface area contributed by atoms with Gasteiger partial charge in [0.25, 0.3) is 0 Å². The van der Waals surface area contributed by atoms with Crippen LogP contribution < -0.4 is 10.1 Å². The molecule has 2 aromatic carbocycles. The van der Waals surface area contributed by atoms with Crippen molar-refractivity contribution in [2.24, 2.45) is 0 Å². The fourth-order valence-electron chi connectivity index (χ4n) is 2.34. The Kier molecular flexibility index (Phi) is 3.61. The lowest BCUT2D eigenvalue weighted by Gasteiger charge is -2.44. The molecule has 0 saturated heterocycles. The van der Waals surface area contributed by atoms with Gasteiger partial charge >= 0.3 is 0 Å². The lowest BCUT2D eigenvalue weighted by Crippen LogP contribution is -2.53. The first kappa shape index (κ1) is 14.1. The average Bonchev–Trinajstić information content (AvgIpc) is 2.46. The number of para-hydroxylation sites is 2. The monoisotopic (exact) mass is 371 g/mol. The Balaban J connectivity index is 2.11. The summed E-state index contributed by atoms with van der Waals surface area (Å²) >= 11 is 16.2. The number of halogens is 3. The van der Waals surface area contributed by atoms with E-state index in [-0.39, 0.29) is 0 Å². The molecule has 1 unspecified atom stereocenters. The lowest BCUT2D eigenvalue weighted by atomic mass is 9.90. The van der Waals surface area contributed by atoms with E-state index in [0.29, 0.717) is 6.61 Å². The Morgan fingerprint density at radius 3 is 2.40 bits per heavy atom. The first-order valence-corrected chi connectivity index (χ1v) is 7.70. The Morgan fingerprint density at radius 1 is 1.05 bits per heavy atom. The quantitative estimate of drug-likeness (QED) is 0.756. The summed E-state index contributed by atoms with van der Waals surface area (Å²) in [6.07, 6.45) is 0. The van der Waals surface area contributed by atoms with E-state index in [1.54, 1.807) is 0 Å². The van der Waals surface area contributed by atoms with Crippen LogP contribution in [0.1, 0.15) is 5.56 Å². The van der Waals surface area contributed by atoms with Crippen molar-refractivity contribution in [3.63, 3.8) is 0 Å². The van der Waals surface area contributed by atoms with Crippen molar-refractivity contribution in [2.75, 3.05) is 11.9 Å². The maximum absolute atomic E-state index is 6.41. The Labute approximate surface area is 136 Å². The fourth-order valence-corrected chi connectivity index (χ4v) is 3.21. The van der Waals surface area contributed by atoms with E-state index in [9.17, 15) is 0 Å². The SMILES string of the molecule is ClC(Cl)(Br)C1(c2ccccc2)COc2ccccc2N1. The summed E-state index contributed by atoms with van der Waals surface area (Å²) in [5.41, 5.74) is 1.05. The third-order valence-corrected chi connectivity index (χ3v) is 4.75. The van der Waals surface area contributed by atoms with Crippen molar-refractivity contribution >= 4 is 44.8 Å². The van der Waals surface area contributed by atoms with Gasteiger partial charge in [0.05, 0.1) is 5.69 Å². The molecule has 0 bridgehead atoms. The van der Waals surface area contributed by atoms with E-state index in [4.69, 9.17) is 27.9 Å². The summed E-state index contributed by atoms with van der Waals surface area (Å²) in [4.78, 5) is 0. The van der Waals surface area contributed by atoms with Gasteiger partial charge in [0.1, 0.15) is 17.9 Å². The summed E-state index contributed by atoms with van der Waals surface area (Å²) in [6.45, 7) is 0.326. The molecule has 2 nitrogen and oxygen atoms in total. The van der Waals surface area contributed by atoms with Gasteiger partial charge < -0.3 is 10.1 Å². The van der Waals surface area contributed by atoms with Crippen LogP contribution in [0.4, 0.5) is 5.69 Å². The first-order valence-electron chi connectivity index (χ1n) is 6.15. The van der Waals surface area contributed by atoms with Crippen LogP contribution in [0.15, 0.2) is 54.6 Å². The maximum atomic E-state index is 6.41. The predicted octanol–water partition coefficient (Wildman–Crippen LogP) is 4.91. The molecule has 1 aliphatic rings. The molecule has 104 valence electrons. The third kappa shape index (κ3) is 2.28. The molecule has 3 rings (SSSR count). The van der Waals surface area contributed by atoms with Crippen molar-refractivity contribution in [1.82, 2.24) is 0 Å². The van der Waals surface area contributed by atoms with Gasteiger partial charge in [0.15, 0.2) is 0 Å². The van der Waals surface area contributed by atoms with Crippen LogP contribution in [0.25, 0.3) is 0 Å². The molecule has 0 aliphatic carbocycles. The van der Waals surface area contributed by atoms with E-state index in [1.807, 2.05) is 54.6 Å². The van der Waals surface area contributed by atoms with E-state index in [1.165, 1.54) is 0 Å². The summed E-state index contributed by atoms with van der Waals surface area (Å²) in [5.74, 6) is 0.795. The van der Waals surface area contributed by atoms with Gasteiger partial charge in [-0.1, -0.05) is 65.7 Å². The average molecular weight is 373 g/mol. The Bertz CT molecular complexity index is 615. The van der Waals surface area contributed by atoms with E-state index >= 15 is 0 Å². The highest BCUT2D eigenvalue weighted by Crippen LogP contribution is 2.51. The second kappa shape index (κ2) is 5.14. The van der Waals surface area contributed by atoms with Gasteiger partial charge in [-0.25, -0.2) is 0 Å². The van der Waals surface area contributed by atoms with Crippen LogP contribution in [0.3, 0.4) is 0 Å². The minimum atomic E-state index is -1.21. The summed E-state index contributed by atoms with van der Waals surface area (Å²) in [7, 11) is 0.